The normalized spacial score (nSPS) is 11.7. The van der Waals surface area contributed by atoms with E-state index in [1.807, 2.05) is 0 Å². The van der Waals surface area contributed by atoms with Gasteiger partial charge >= 0.3 is 0 Å². The molecular formula is C18H15Cl2N3O4. The molecule has 1 amide bonds. The number of anilines is 1. The SMILES string of the molecule is COc1cccc2cc(C(=O)N(/C(C)=N\O)c3c(Cl)cnc(C)c3Cl)oc12. The summed E-state index contributed by atoms with van der Waals surface area (Å²) in [4.78, 5) is 18.3. The van der Waals surface area contributed by atoms with Crippen molar-refractivity contribution in [2.24, 2.45) is 5.16 Å². The maximum absolute atomic E-state index is 13.2. The Morgan fingerprint density at radius 2 is 2.11 bits per heavy atom. The quantitative estimate of drug-likeness (QED) is 0.288. The Bertz CT molecular complexity index is 1060. The van der Waals surface area contributed by atoms with Crippen LogP contribution in [0.2, 0.25) is 10.0 Å². The molecule has 7 nitrogen and oxygen atoms in total. The van der Waals surface area contributed by atoms with Gasteiger partial charge in [-0.2, -0.15) is 0 Å². The Morgan fingerprint density at radius 1 is 1.37 bits per heavy atom. The van der Waals surface area contributed by atoms with Gasteiger partial charge in [-0.1, -0.05) is 40.5 Å². The average Bonchev–Trinajstić information content (AvgIpc) is 3.11. The van der Waals surface area contributed by atoms with Gasteiger partial charge in [0.1, 0.15) is 0 Å². The first-order valence-electron chi connectivity index (χ1n) is 7.79. The van der Waals surface area contributed by atoms with Gasteiger partial charge in [0, 0.05) is 11.6 Å². The van der Waals surface area contributed by atoms with E-state index in [0.29, 0.717) is 22.4 Å². The number of halogens is 2. The van der Waals surface area contributed by atoms with Crippen molar-refractivity contribution < 1.29 is 19.2 Å². The second kappa shape index (κ2) is 7.46. The van der Waals surface area contributed by atoms with Gasteiger partial charge in [-0.05, 0) is 26.0 Å². The highest BCUT2D eigenvalue weighted by atomic mass is 35.5. The van der Waals surface area contributed by atoms with Crippen molar-refractivity contribution in [3.05, 3.63) is 52.0 Å². The molecule has 0 aliphatic heterocycles. The molecule has 0 saturated carbocycles. The van der Waals surface area contributed by atoms with Crippen LogP contribution in [0.15, 0.2) is 40.0 Å². The van der Waals surface area contributed by atoms with Gasteiger partial charge in [0.05, 0.1) is 28.5 Å². The largest absolute Gasteiger partial charge is 0.493 e. The number of carbonyl (C=O) groups is 1. The molecule has 0 atom stereocenters. The molecule has 0 saturated heterocycles. The molecule has 0 aliphatic carbocycles. The molecule has 0 spiro atoms. The minimum absolute atomic E-state index is 0.000835. The highest BCUT2D eigenvalue weighted by Gasteiger charge is 2.29. The fourth-order valence-electron chi connectivity index (χ4n) is 2.62. The van der Waals surface area contributed by atoms with Crippen LogP contribution in [0, 0.1) is 6.92 Å². The molecule has 0 aliphatic rings. The van der Waals surface area contributed by atoms with Crippen LogP contribution >= 0.6 is 23.2 Å². The molecule has 2 heterocycles. The van der Waals surface area contributed by atoms with Gasteiger partial charge in [-0.25, -0.2) is 0 Å². The molecule has 3 aromatic rings. The Labute approximate surface area is 164 Å². The van der Waals surface area contributed by atoms with E-state index >= 15 is 0 Å². The molecule has 0 fully saturated rings. The summed E-state index contributed by atoms with van der Waals surface area (Å²) in [6.07, 6.45) is 1.37. The van der Waals surface area contributed by atoms with Crippen LogP contribution < -0.4 is 9.64 Å². The van der Waals surface area contributed by atoms with E-state index in [9.17, 15) is 10.0 Å². The van der Waals surface area contributed by atoms with Crippen molar-refractivity contribution in [1.82, 2.24) is 4.98 Å². The maximum atomic E-state index is 13.2. The Balaban J connectivity index is 2.18. The number of nitrogens with zero attached hydrogens (tertiary/aromatic N) is 3. The second-order valence-electron chi connectivity index (χ2n) is 5.63. The predicted octanol–water partition coefficient (Wildman–Crippen LogP) is 4.91. The summed E-state index contributed by atoms with van der Waals surface area (Å²) in [5, 5.41) is 13.4. The molecule has 0 radical (unpaired) electrons. The molecular weight excluding hydrogens is 393 g/mol. The zero-order valence-electron chi connectivity index (χ0n) is 14.7. The predicted molar refractivity (Wildman–Crippen MR) is 103 cm³/mol. The Kier molecular flexibility index (Phi) is 5.25. The lowest BCUT2D eigenvalue weighted by atomic mass is 10.2. The van der Waals surface area contributed by atoms with E-state index in [0.717, 1.165) is 4.90 Å². The lowest BCUT2D eigenvalue weighted by molar-refractivity contribution is 0.0976. The van der Waals surface area contributed by atoms with E-state index in [4.69, 9.17) is 32.4 Å². The van der Waals surface area contributed by atoms with Crippen LogP contribution in [-0.2, 0) is 0 Å². The van der Waals surface area contributed by atoms with E-state index in [1.54, 1.807) is 31.2 Å². The van der Waals surface area contributed by atoms with Crippen molar-refractivity contribution in [2.75, 3.05) is 12.0 Å². The minimum atomic E-state index is -0.613. The Morgan fingerprint density at radius 3 is 2.78 bits per heavy atom. The number of furan rings is 1. The summed E-state index contributed by atoms with van der Waals surface area (Å²) >= 11 is 12.6. The number of fused-ring (bicyclic) bond motifs is 1. The van der Waals surface area contributed by atoms with Crippen LogP contribution in [-0.4, -0.2) is 29.0 Å². The highest BCUT2D eigenvalue weighted by molar-refractivity contribution is 6.42. The van der Waals surface area contributed by atoms with Crippen LogP contribution in [0.4, 0.5) is 5.69 Å². The smallest absolute Gasteiger partial charge is 0.299 e. The number of amides is 1. The Hall–Kier alpha value is -2.77. The number of aromatic nitrogens is 1. The standard InChI is InChI=1S/C18H15Cl2N3O4/c1-9-15(20)16(12(19)8-21-9)23(10(2)22-25)18(24)14-7-11-5-4-6-13(26-3)17(11)27-14/h4-8,25H,1-3H3/b22-10-. The van der Waals surface area contributed by atoms with E-state index in [1.165, 1.54) is 20.2 Å². The summed E-state index contributed by atoms with van der Waals surface area (Å²) in [7, 11) is 1.51. The molecule has 140 valence electrons. The number of aryl methyl sites for hydroxylation is 1. The van der Waals surface area contributed by atoms with Crippen LogP contribution in [0.1, 0.15) is 23.2 Å². The molecule has 0 bridgehead atoms. The van der Waals surface area contributed by atoms with Crippen molar-refractivity contribution in [1.29, 1.82) is 0 Å². The lowest BCUT2D eigenvalue weighted by Crippen LogP contribution is -2.36. The molecule has 1 N–H and O–H groups in total. The van der Waals surface area contributed by atoms with Gasteiger partial charge in [0.25, 0.3) is 5.91 Å². The summed E-state index contributed by atoms with van der Waals surface area (Å²) in [5.74, 6) is -0.166. The van der Waals surface area contributed by atoms with Crippen molar-refractivity contribution in [3.8, 4) is 5.75 Å². The van der Waals surface area contributed by atoms with Gasteiger partial charge in [-0.3, -0.25) is 14.7 Å². The van der Waals surface area contributed by atoms with Gasteiger partial charge in [0.15, 0.2) is 22.9 Å². The number of methoxy groups -OCH3 is 1. The summed E-state index contributed by atoms with van der Waals surface area (Å²) in [5.41, 5.74) is 1.04. The number of rotatable bonds is 3. The number of benzene rings is 1. The molecule has 0 unspecified atom stereocenters. The maximum Gasteiger partial charge on any atom is 0.299 e. The summed E-state index contributed by atoms with van der Waals surface area (Å²) in [6, 6.07) is 6.85. The van der Waals surface area contributed by atoms with Crippen LogP contribution in [0.5, 0.6) is 5.75 Å². The molecule has 3 rings (SSSR count). The molecule has 9 heteroatoms. The number of hydrogen-bond acceptors (Lipinski definition) is 6. The van der Waals surface area contributed by atoms with Crippen LogP contribution in [0.3, 0.4) is 0 Å². The molecule has 2 aromatic heterocycles. The van der Waals surface area contributed by atoms with E-state index < -0.39 is 5.91 Å². The number of hydrogen-bond donors (Lipinski definition) is 1. The highest BCUT2D eigenvalue weighted by Crippen LogP contribution is 2.37. The third-order valence-electron chi connectivity index (χ3n) is 3.96. The zero-order chi connectivity index (χ0) is 19.7. The van der Waals surface area contributed by atoms with E-state index in [-0.39, 0.29) is 27.3 Å². The topological polar surface area (TPSA) is 88.2 Å². The third kappa shape index (κ3) is 3.31. The number of amidine groups is 1. The number of pyridine rings is 1. The first-order valence-corrected chi connectivity index (χ1v) is 8.54. The number of oxime groups is 1. The zero-order valence-corrected chi connectivity index (χ0v) is 16.2. The first-order chi connectivity index (χ1) is 12.9. The lowest BCUT2D eigenvalue weighted by Gasteiger charge is -2.23. The number of ether oxygens (including phenoxy) is 1. The first kappa shape index (κ1) is 19.0. The van der Waals surface area contributed by atoms with Gasteiger partial charge < -0.3 is 14.4 Å². The average molecular weight is 408 g/mol. The van der Waals surface area contributed by atoms with Crippen molar-refractivity contribution in [2.45, 2.75) is 13.8 Å². The fourth-order valence-corrected chi connectivity index (χ4v) is 3.13. The van der Waals surface area contributed by atoms with Gasteiger partial charge in [0.2, 0.25) is 0 Å². The molecule has 27 heavy (non-hydrogen) atoms. The summed E-state index contributed by atoms with van der Waals surface area (Å²) < 4.78 is 11.0. The number of para-hydroxylation sites is 1. The second-order valence-corrected chi connectivity index (χ2v) is 6.42. The van der Waals surface area contributed by atoms with Crippen LogP contribution in [0.25, 0.3) is 11.0 Å². The van der Waals surface area contributed by atoms with Crippen molar-refractivity contribution >= 4 is 51.6 Å². The molecule has 1 aromatic carbocycles. The summed E-state index contributed by atoms with van der Waals surface area (Å²) in [6.45, 7) is 3.10. The minimum Gasteiger partial charge on any atom is -0.493 e. The van der Waals surface area contributed by atoms with E-state index in [2.05, 4.69) is 10.1 Å². The monoisotopic (exact) mass is 407 g/mol. The number of carbonyl (C=O) groups excluding carboxylic acids is 1. The van der Waals surface area contributed by atoms with Gasteiger partial charge in [-0.15, -0.1) is 0 Å². The third-order valence-corrected chi connectivity index (χ3v) is 4.69. The fraction of sp³-hybridized carbons (Fsp3) is 0.167. The van der Waals surface area contributed by atoms with Crippen molar-refractivity contribution in [3.63, 3.8) is 0 Å².